The van der Waals surface area contributed by atoms with Crippen molar-refractivity contribution in [1.82, 2.24) is 5.32 Å². The van der Waals surface area contributed by atoms with Gasteiger partial charge in [-0.1, -0.05) is 54.6 Å². The van der Waals surface area contributed by atoms with Gasteiger partial charge in [0, 0.05) is 12.0 Å². The van der Waals surface area contributed by atoms with Crippen molar-refractivity contribution in [3.63, 3.8) is 0 Å². The standard InChI is InChI=1S/C25H25NO4/c1-30-22-14-12-18(13-15-22)10-11-20-8-5-9-21(16-20)24(27)26-23(25(28)29)17-19-6-3-2-4-7-19/h2-9,12-16,23H,10-11,17H2,1H3,(H,26,27)(H,28,29)/t23-/m0/s1. The van der Waals surface area contributed by atoms with Crippen LogP contribution in [0.15, 0.2) is 78.9 Å². The Kier molecular flexibility index (Phi) is 7.22. The average Bonchev–Trinajstić information content (AvgIpc) is 2.78. The number of carboxylic acid groups (broad SMARTS) is 1. The second-order valence-corrected chi connectivity index (χ2v) is 7.10. The van der Waals surface area contributed by atoms with Crippen LogP contribution < -0.4 is 10.1 Å². The first kappa shape index (κ1) is 21.1. The minimum absolute atomic E-state index is 0.235. The Bertz CT molecular complexity index is 984. The van der Waals surface area contributed by atoms with Crippen molar-refractivity contribution < 1.29 is 19.4 Å². The second-order valence-electron chi connectivity index (χ2n) is 7.10. The molecule has 0 fully saturated rings. The molecule has 1 atom stereocenters. The molecule has 154 valence electrons. The van der Waals surface area contributed by atoms with E-state index in [4.69, 9.17) is 4.74 Å². The molecule has 2 N–H and O–H groups in total. The van der Waals surface area contributed by atoms with Crippen LogP contribution in [0.4, 0.5) is 0 Å². The van der Waals surface area contributed by atoms with Gasteiger partial charge in [0.15, 0.2) is 0 Å². The number of aryl methyl sites for hydroxylation is 2. The number of ether oxygens (including phenoxy) is 1. The number of carbonyl (C=O) groups excluding carboxylic acids is 1. The first-order valence-corrected chi connectivity index (χ1v) is 9.84. The monoisotopic (exact) mass is 403 g/mol. The molecular formula is C25H25NO4. The number of carboxylic acids is 1. The third-order valence-electron chi connectivity index (χ3n) is 4.94. The quantitative estimate of drug-likeness (QED) is 0.568. The summed E-state index contributed by atoms with van der Waals surface area (Å²) >= 11 is 0. The third-order valence-corrected chi connectivity index (χ3v) is 4.94. The predicted molar refractivity (Wildman–Crippen MR) is 116 cm³/mol. The molecule has 3 aromatic carbocycles. The first-order valence-electron chi connectivity index (χ1n) is 9.84. The lowest BCUT2D eigenvalue weighted by molar-refractivity contribution is -0.139. The lowest BCUT2D eigenvalue weighted by atomic mass is 10.0. The molecule has 1 amide bonds. The molecule has 0 aliphatic rings. The highest BCUT2D eigenvalue weighted by Gasteiger charge is 2.21. The fourth-order valence-electron chi connectivity index (χ4n) is 3.24. The molecule has 3 aromatic rings. The van der Waals surface area contributed by atoms with Gasteiger partial charge in [0.1, 0.15) is 11.8 Å². The number of nitrogens with one attached hydrogen (secondary N) is 1. The van der Waals surface area contributed by atoms with E-state index < -0.39 is 12.0 Å². The van der Waals surface area contributed by atoms with Crippen LogP contribution in [0.1, 0.15) is 27.0 Å². The van der Waals surface area contributed by atoms with Gasteiger partial charge in [-0.15, -0.1) is 0 Å². The van der Waals surface area contributed by atoms with Gasteiger partial charge in [0.25, 0.3) is 5.91 Å². The fourth-order valence-corrected chi connectivity index (χ4v) is 3.24. The third kappa shape index (κ3) is 5.95. The van der Waals surface area contributed by atoms with E-state index in [1.807, 2.05) is 72.8 Å². The molecule has 0 unspecified atom stereocenters. The maximum absolute atomic E-state index is 12.7. The molecule has 0 saturated heterocycles. The number of amides is 1. The molecule has 0 aromatic heterocycles. The zero-order valence-corrected chi connectivity index (χ0v) is 16.9. The van der Waals surface area contributed by atoms with Crippen LogP contribution >= 0.6 is 0 Å². The highest BCUT2D eigenvalue weighted by Crippen LogP contribution is 2.14. The molecule has 0 heterocycles. The summed E-state index contributed by atoms with van der Waals surface area (Å²) in [5.74, 6) is -0.617. The van der Waals surface area contributed by atoms with Crippen molar-refractivity contribution in [2.24, 2.45) is 0 Å². The second kappa shape index (κ2) is 10.3. The van der Waals surface area contributed by atoms with Crippen LogP contribution in [0.5, 0.6) is 5.75 Å². The molecule has 0 aliphatic carbocycles. The average molecular weight is 403 g/mol. The molecule has 0 radical (unpaired) electrons. The van der Waals surface area contributed by atoms with Gasteiger partial charge < -0.3 is 15.2 Å². The normalized spacial score (nSPS) is 11.5. The van der Waals surface area contributed by atoms with E-state index in [2.05, 4.69) is 5.32 Å². The topological polar surface area (TPSA) is 75.6 Å². The number of aliphatic carboxylic acids is 1. The highest BCUT2D eigenvalue weighted by atomic mass is 16.5. The predicted octanol–water partition coefficient (Wildman–Crippen LogP) is 3.91. The molecule has 0 saturated carbocycles. The first-order chi connectivity index (χ1) is 14.5. The van der Waals surface area contributed by atoms with Gasteiger partial charge in [-0.2, -0.15) is 0 Å². The van der Waals surface area contributed by atoms with Crippen LogP contribution in [0, 0.1) is 0 Å². The number of rotatable bonds is 9. The lowest BCUT2D eigenvalue weighted by Crippen LogP contribution is -2.42. The zero-order chi connectivity index (χ0) is 21.3. The maximum Gasteiger partial charge on any atom is 0.326 e. The summed E-state index contributed by atoms with van der Waals surface area (Å²) in [5.41, 5.74) is 3.52. The molecule has 5 heteroatoms. The Morgan fingerprint density at radius 2 is 1.53 bits per heavy atom. The van der Waals surface area contributed by atoms with Gasteiger partial charge in [0.2, 0.25) is 0 Å². The smallest absolute Gasteiger partial charge is 0.326 e. The Morgan fingerprint density at radius 1 is 0.867 bits per heavy atom. The number of benzene rings is 3. The summed E-state index contributed by atoms with van der Waals surface area (Å²) in [5, 5.41) is 12.2. The summed E-state index contributed by atoms with van der Waals surface area (Å²) in [6.45, 7) is 0. The lowest BCUT2D eigenvalue weighted by Gasteiger charge is -2.15. The van der Waals surface area contributed by atoms with Gasteiger partial charge >= 0.3 is 5.97 Å². The van der Waals surface area contributed by atoms with Crippen LogP contribution in [0.25, 0.3) is 0 Å². The van der Waals surface area contributed by atoms with E-state index in [9.17, 15) is 14.7 Å². The molecule has 5 nitrogen and oxygen atoms in total. The van der Waals surface area contributed by atoms with E-state index in [1.165, 1.54) is 5.56 Å². The minimum atomic E-state index is -1.05. The number of methoxy groups -OCH3 is 1. The van der Waals surface area contributed by atoms with Crippen molar-refractivity contribution in [1.29, 1.82) is 0 Å². The van der Waals surface area contributed by atoms with Crippen LogP contribution in [-0.4, -0.2) is 30.1 Å². The molecule has 0 spiro atoms. The fraction of sp³-hybridized carbons (Fsp3) is 0.200. The van der Waals surface area contributed by atoms with E-state index in [0.717, 1.165) is 29.7 Å². The molecule has 30 heavy (non-hydrogen) atoms. The van der Waals surface area contributed by atoms with Gasteiger partial charge in [-0.25, -0.2) is 4.79 Å². The van der Waals surface area contributed by atoms with Crippen molar-refractivity contribution >= 4 is 11.9 Å². The number of carbonyl (C=O) groups is 2. The van der Waals surface area contributed by atoms with E-state index in [-0.39, 0.29) is 12.3 Å². The minimum Gasteiger partial charge on any atom is -0.497 e. The summed E-state index contributed by atoms with van der Waals surface area (Å²) in [4.78, 5) is 24.3. The Morgan fingerprint density at radius 3 is 2.20 bits per heavy atom. The van der Waals surface area contributed by atoms with E-state index in [0.29, 0.717) is 5.56 Å². The maximum atomic E-state index is 12.7. The van der Waals surface area contributed by atoms with Crippen molar-refractivity contribution in [2.45, 2.75) is 25.3 Å². The van der Waals surface area contributed by atoms with Crippen molar-refractivity contribution in [3.8, 4) is 5.75 Å². The summed E-state index contributed by atoms with van der Waals surface area (Å²) < 4.78 is 5.17. The van der Waals surface area contributed by atoms with Crippen LogP contribution in [0.3, 0.4) is 0 Å². The summed E-state index contributed by atoms with van der Waals surface area (Å²) in [6.07, 6.45) is 1.85. The zero-order valence-electron chi connectivity index (χ0n) is 16.9. The SMILES string of the molecule is COc1ccc(CCc2cccc(C(=O)N[C@@H](Cc3ccccc3)C(=O)O)c2)cc1. The molecule has 0 bridgehead atoms. The molecule has 0 aliphatic heterocycles. The van der Waals surface area contributed by atoms with E-state index >= 15 is 0 Å². The number of hydrogen-bond acceptors (Lipinski definition) is 3. The summed E-state index contributed by atoms with van der Waals surface area (Å²) in [6, 6.07) is 23.5. The Labute approximate surface area is 176 Å². The van der Waals surface area contributed by atoms with Gasteiger partial charge in [0.05, 0.1) is 7.11 Å². The highest BCUT2D eigenvalue weighted by molar-refractivity contribution is 5.96. The van der Waals surface area contributed by atoms with E-state index in [1.54, 1.807) is 13.2 Å². The van der Waals surface area contributed by atoms with Crippen molar-refractivity contribution in [2.75, 3.05) is 7.11 Å². The Balaban J connectivity index is 1.63. The van der Waals surface area contributed by atoms with Crippen molar-refractivity contribution in [3.05, 3.63) is 101 Å². The molecule has 3 rings (SSSR count). The Hall–Kier alpha value is -3.60. The van der Waals surface area contributed by atoms with Crippen LogP contribution in [0.2, 0.25) is 0 Å². The largest absolute Gasteiger partial charge is 0.497 e. The molecular weight excluding hydrogens is 378 g/mol. The van der Waals surface area contributed by atoms with Gasteiger partial charge in [-0.3, -0.25) is 4.79 Å². The number of hydrogen-bond donors (Lipinski definition) is 2. The van der Waals surface area contributed by atoms with Crippen LogP contribution in [-0.2, 0) is 24.1 Å². The summed E-state index contributed by atoms with van der Waals surface area (Å²) in [7, 11) is 1.64. The van der Waals surface area contributed by atoms with Gasteiger partial charge in [-0.05, 0) is 53.8 Å².